The van der Waals surface area contributed by atoms with Crippen LogP contribution in [0.1, 0.15) is 58.3 Å². The van der Waals surface area contributed by atoms with Crippen molar-refractivity contribution in [3.63, 3.8) is 0 Å². The second-order valence-electron chi connectivity index (χ2n) is 7.81. The van der Waals surface area contributed by atoms with Crippen molar-refractivity contribution in [1.29, 1.82) is 0 Å². The molecule has 1 unspecified atom stereocenters. The number of carbonyl (C=O) groups excluding carboxylic acids is 3. The van der Waals surface area contributed by atoms with E-state index in [2.05, 4.69) is 15.3 Å². The zero-order valence-electron chi connectivity index (χ0n) is 16.9. The standard InChI is InChI=1S/C23H22N4O4/c28-20(8-3-11-27-22(29)15-5-1-2-6-16(15)23(27)30)24-14-9-10-17-18(13-14)26-21(25-17)19-7-4-12-31-19/h1-2,5-6,9-10,13,19H,3-4,7-8,11-12H2,(H,24,28)(H,25,26). The van der Waals surface area contributed by atoms with E-state index in [0.717, 1.165) is 36.3 Å². The fraction of sp³-hybridized carbons (Fsp3) is 0.304. The van der Waals surface area contributed by atoms with E-state index in [0.29, 0.717) is 23.2 Å². The topological polar surface area (TPSA) is 104 Å². The van der Waals surface area contributed by atoms with Gasteiger partial charge in [0.1, 0.15) is 11.9 Å². The van der Waals surface area contributed by atoms with Gasteiger partial charge in [0.25, 0.3) is 11.8 Å². The maximum Gasteiger partial charge on any atom is 0.261 e. The summed E-state index contributed by atoms with van der Waals surface area (Å²) >= 11 is 0. The summed E-state index contributed by atoms with van der Waals surface area (Å²) in [5, 5.41) is 2.87. The lowest BCUT2D eigenvalue weighted by atomic mass is 10.1. The highest BCUT2D eigenvalue weighted by Crippen LogP contribution is 2.29. The second kappa shape index (κ2) is 7.96. The van der Waals surface area contributed by atoms with Gasteiger partial charge in [0.05, 0.1) is 22.2 Å². The van der Waals surface area contributed by atoms with Crippen LogP contribution in [0.2, 0.25) is 0 Å². The number of nitrogens with one attached hydrogen (secondary N) is 2. The number of imide groups is 1. The number of imidazole rings is 1. The zero-order chi connectivity index (χ0) is 21.4. The van der Waals surface area contributed by atoms with E-state index in [1.807, 2.05) is 18.2 Å². The molecule has 1 saturated heterocycles. The summed E-state index contributed by atoms with van der Waals surface area (Å²) in [5.41, 5.74) is 3.18. The van der Waals surface area contributed by atoms with E-state index in [9.17, 15) is 14.4 Å². The van der Waals surface area contributed by atoms with Crippen molar-refractivity contribution in [3.05, 3.63) is 59.4 Å². The average molecular weight is 418 g/mol. The quantitative estimate of drug-likeness (QED) is 0.597. The van der Waals surface area contributed by atoms with Crippen molar-refractivity contribution in [2.45, 2.75) is 31.8 Å². The Balaban J connectivity index is 1.17. The molecule has 0 saturated carbocycles. The Morgan fingerprint density at radius 3 is 2.65 bits per heavy atom. The number of hydrogen-bond acceptors (Lipinski definition) is 5. The van der Waals surface area contributed by atoms with Gasteiger partial charge in [-0.05, 0) is 49.6 Å². The molecule has 1 fully saturated rings. The maximum absolute atomic E-state index is 12.4. The summed E-state index contributed by atoms with van der Waals surface area (Å²) in [5.74, 6) is 0.0484. The molecule has 2 aromatic carbocycles. The first-order valence-corrected chi connectivity index (χ1v) is 10.5. The van der Waals surface area contributed by atoms with E-state index in [4.69, 9.17) is 4.74 Å². The van der Waals surface area contributed by atoms with Crippen LogP contribution in [0.5, 0.6) is 0 Å². The number of anilines is 1. The molecule has 8 nitrogen and oxygen atoms in total. The normalized spacial score (nSPS) is 18.1. The molecular weight excluding hydrogens is 396 g/mol. The minimum absolute atomic E-state index is 0.00703. The van der Waals surface area contributed by atoms with E-state index >= 15 is 0 Å². The smallest absolute Gasteiger partial charge is 0.261 e. The third-order valence-electron chi connectivity index (χ3n) is 5.68. The summed E-state index contributed by atoms with van der Waals surface area (Å²) in [6.07, 6.45) is 2.59. The van der Waals surface area contributed by atoms with Crippen LogP contribution in [-0.4, -0.2) is 45.7 Å². The number of nitrogens with zero attached hydrogens (tertiary/aromatic N) is 2. The number of rotatable bonds is 6. The molecule has 3 heterocycles. The van der Waals surface area contributed by atoms with Crippen molar-refractivity contribution in [3.8, 4) is 0 Å². The number of hydrogen-bond donors (Lipinski definition) is 2. The summed E-state index contributed by atoms with van der Waals surface area (Å²) in [7, 11) is 0. The lowest BCUT2D eigenvalue weighted by molar-refractivity contribution is -0.116. The monoisotopic (exact) mass is 418 g/mol. The van der Waals surface area contributed by atoms with Crippen LogP contribution in [-0.2, 0) is 9.53 Å². The van der Waals surface area contributed by atoms with Crippen molar-refractivity contribution in [2.75, 3.05) is 18.5 Å². The fourth-order valence-corrected chi connectivity index (χ4v) is 4.12. The minimum atomic E-state index is -0.298. The first-order valence-electron chi connectivity index (χ1n) is 10.5. The molecule has 0 bridgehead atoms. The lowest BCUT2D eigenvalue weighted by Gasteiger charge is -2.13. The SMILES string of the molecule is O=C(CCCN1C(=O)c2ccccc2C1=O)Nc1ccc2nc(C3CCCO3)[nH]c2c1. The van der Waals surface area contributed by atoms with Gasteiger partial charge in [-0.2, -0.15) is 0 Å². The Kier molecular flexibility index (Phi) is 4.99. The Morgan fingerprint density at radius 1 is 1.16 bits per heavy atom. The molecule has 31 heavy (non-hydrogen) atoms. The number of amides is 3. The Hall–Kier alpha value is -3.52. The second-order valence-corrected chi connectivity index (χ2v) is 7.81. The van der Waals surface area contributed by atoms with Gasteiger partial charge in [-0.25, -0.2) is 4.98 Å². The maximum atomic E-state index is 12.4. The van der Waals surface area contributed by atoms with Gasteiger partial charge in [0.2, 0.25) is 5.91 Å². The third-order valence-corrected chi connectivity index (χ3v) is 5.68. The molecule has 158 valence electrons. The molecule has 1 atom stereocenters. The first kappa shape index (κ1) is 19.4. The Bertz CT molecular complexity index is 1140. The van der Waals surface area contributed by atoms with Crippen LogP contribution in [0.3, 0.4) is 0 Å². The van der Waals surface area contributed by atoms with Gasteiger partial charge >= 0.3 is 0 Å². The van der Waals surface area contributed by atoms with Gasteiger partial charge in [-0.15, -0.1) is 0 Å². The fourth-order valence-electron chi connectivity index (χ4n) is 4.12. The molecule has 0 aliphatic carbocycles. The van der Waals surface area contributed by atoms with Gasteiger partial charge in [0.15, 0.2) is 0 Å². The van der Waals surface area contributed by atoms with Gasteiger partial charge in [0, 0.05) is 25.3 Å². The highest BCUT2D eigenvalue weighted by Gasteiger charge is 2.34. The van der Waals surface area contributed by atoms with E-state index < -0.39 is 0 Å². The summed E-state index contributed by atoms with van der Waals surface area (Å²) in [6, 6.07) is 12.3. The van der Waals surface area contributed by atoms with Crippen molar-refractivity contribution in [1.82, 2.24) is 14.9 Å². The number of fused-ring (bicyclic) bond motifs is 2. The Morgan fingerprint density at radius 2 is 1.94 bits per heavy atom. The van der Waals surface area contributed by atoms with Gasteiger partial charge in [-0.1, -0.05) is 12.1 Å². The number of ether oxygens (including phenoxy) is 1. The van der Waals surface area contributed by atoms with Crippen LogP contribution < -0.4 is 5.32 Å². The third kappa shape index (κ3) is 3.70. The predicted octanol–water partition coefficient (Wildman–Crippen LogP) is 3.43. The van der Waals surface area contributed by atoms with Crippen LogP contribution in [0.15, 0.2) is 42.5 Å². The molecule has 1 aromatic heterocycles. The van der Waals surface area contributed by atoms with Crippen molar-refractivity contribution >= 4 is 34.4 Å². The molecule has 3 aromatic rings. The molecule has 2 aliphatic heterocycles. The van der Waals surface area contributed by atoms with Gasteiger partial charge in [-0.3, -0.25) is 19.3 Å². The van der Waals surface area contributed by atoms with Crippen LogP contribution >= 0.6 is 0 Å². The number of benzene rings is 2. The molecule has 0 spiro atoms. The van der Waals surface area contributed by atoms with Gasteiger partial charge < -0.3 is 15.0 Å². The van der Waals surface area contributed by atoms with Crippen LogP contribution in [0.25, 0.3) is 11.0 Å². The van der Waals surface area contributed by atoms with Crippen molar-refractivity contribution in [2.24, 2.45) is 0 Å². The molecule has 0 radical (unpaired) electrons. The van der Waals surface area contributed by atoms with E-state index in [1.165, 1.54) is 4.90 Å². The molecule has 3 amide bonds. The molecule has 2 aliphatic rings. The average Bonchev–Trinajstić information content (AvgIpc) is 3.49. The molecule has 2 N–H and O–H groups in total. The van der Waals surface area contributed by atoms with Crippen molar-refractivity contribution < 1.29 is 19.1 Å². The first-order chi connectivity index (χ1) is 15.1. The Labute approximate surface area is 178 Å². The zero-order valence-corrected chi connectivity index (χ0v) is 16.9. The van der Waals surface area contributed by atoms with Crippen LogP contribution in [0, 0.1) is 0 Å². The van der Waals surface area contributed by atoms with E-state index in [1.54, 1.807) is 24.3 Å². The number of aromatic nitrogens is 2. The van der Waals surface area contributed by atoms with Crippen LogP contribution in [0.4, 0.5) is 5.69 Å². The highest BCUT2D eigenvalue weighted by molar-refractivity contribution is 6.21. The number of aromatic amines is 1. The highest BCUT2D eigenvalue weighted by atomic mass is 16.5. The minimum Gasteiger partial charge on any atom is -0.370 e. The number of carbonyl (C=O) groups is 3. The summed E-state index contributed by atoms with van der Waals surface area (Å²) in [6.45, 7) is 0.966. The lowest BCUT2D eigenvalue weighted by Crippen LogP contribution is -2.31. The predicted molar refractivity (Wildman–Crippen MR) is 114 cm³/mol. The summed E-state index contributed by atoms with van der Waals surface area (Å²) < 4.78 is 5.67. The number of H-pyrrole nitrogens is 1. The largest absolute Gasteiger partial charge is 0.370 e. The van der Waals surface area contributed by atoms with E-state index in [-0.39, 0.29) is 36.8 Å². The molecular formula is C23H22N4O4. The molecule has 5 rings (SSSR count). The molecule has 8 heteroatoms. The summed E-state index contributed by atoms with van der Waals surface area (Å²) in [4.78, 5) is 46.2.